The van der Waals surface area contributed by atoms with E-state index in [1.54, 1.807) is 18.3 Å². The zero-order chi connectivity index (χ0) is 13.9. The number of nitrogens with two attached hydrogens (primary N) is 1. The molecule has 0 amide bonds. The van der Waals surface area contributed by atoms with E-state index in [-0.39, 0.29) is 11.4 Å². The minimum absolute atomic E-state index is 0.238. The Balaban J connectivity index is 2.19. The van der Waals surface area contributed by atoms with E-state index in [0.29, 0.717) is 17.3 Å². The van der Waals surface area contributed by atoms with Gasteiger partial charge in [0, 0.05) is 19.0 Å². The van der Waals surface area contributed by atoms with Crippen LogP contribution in [0, 0.1) is 0 Å². The van der Waals surface area contributed by atoms with Crippen molar-refractivity contribution >= 4 is 9.84 Å². The molecule has 6 nitrogen and oxygen atoms in total. The predicted octanol–water partition coefficient (Wildman–Crippen LogP) is 1.13. The Labute approximate surface area is 111 Å². The van der Waals surface area contributed by atoms with Gasteiger partial charge in [-0.1, -0.05) is 0 Å². The third-order valence-electron chi connectivity index (χ3n) is 2.35. The Bertz CT molecular complexity index is 669. The highest BCUT2D eigenvalue weighted by Crippen LogP contribution is 2.20. The van der Waals surface area contributed by atoms with Gasteiger partial charge in [0.05, 0.1) is 16.8 Å². The Morgan fingerprint density at radius 2 is 1.89 bits per heavy atom. The van der Waals surface area contributed by atoms with E-state index in [1.807, 2.05) is 0 Å². The van der Waals surface area contributed by atoms with Gasteiger partial charge in [0.2, 0.25) is 5.88 Å². The monoisotopic (exact) mass is 279 g/mol. The van der Waals surface area contributed by atoms with Crippen molar-refractivity contribution in [3.63, 3.8) is 0 Å². The molecule has 0 spiro atoms. The number of aromatic nitrogens is 2. The molecule has 7 heteroatoms. The number of sulfone groups is 1. The quantitative estimate of drug-likeness (QED) is 0.901. The van der Waals surface area contributed by atoms with Crippen molar-refractivity contribution in [3.05, 3.63) is 42.4 Å². The van der Waals surface area contributed by atoms with Crippen LogP contribution >= 0.6 is 0 Å². The summed E-state index contributed by atoms with van der Waals surface area (Å²) in [5.41, 5.74) is 6.07. The summed E-state index contributed by atoms with van der Waals surface area (Å²) in [5, 5.41) is 0. The molecule has 0 atom stereocenters. The molecule has 2 N–H and O–H groups in total. The maximum atomic E-state index is 11.3. The lowest BCUT2D eigenvalue weighted by atomic mass is 10.3. The molecule has 19 heavy (non-hydrogen) atoms. The smallest absolute Gasteiger partial charge is 0.238 e. The van der Waals surface area contributed by atoms with E-state index in [4.69, 9.17) is 10.5 Å². The van der Waals surface area contributed by atoms with Gasteiger partial charge in [-0.2, -0.15) is 0 Å². The van der Waals surface area contributed by atoms with Gasteiger partial charge in [-0.25, -0.2) is 13.4 Å². The first kappa shape index (κ1) is 13.4. The molecule has 1 heterocycles. The normalized spacial score (nSPS) is 11.3. The standard InChI is InChI=1S/C12H13N3O3S/c1-19(16,17)11-4-2-10(3-5-11)18-12-8-14-7-9(6-13)15-12/h2-5,7-8H,6,13H2,1H3. The van der Waals surface area contributed by atoms with Crippen molar-refractivity contribution in [2.24, 2.45) is 5.73 Å². The molecule has 1 aromatic heterocycles. The topological polar surface area (TPSA) is 95.2 Å². The fourth-order valence-corrected chi connectivity index (χ4v) is 2.04. The molecule has 0 aliphatic heterocycles. The Morgan fingerprint density at radius 3 is 2.47 bits per heavy atom. The lowest BCUT2D eigenvalue weighted by Crippen LogP contribution is -2.01. The summed E-state index contributed by atoms with van der Waals surface area (Å²) >= 11 is 0. The van der Waals surface area contributed by atoms with Gasteiger partial charge in [0.1, 0.15) is 5.75 Å². The summed E-state index contributed by atoms with van der Waals surface area (Å²) in [4.78, 5) is 8.31. The molecule has 0 aliphatic rings. The van der Waals surface area contributed by atoms with Crippen molar-refractivity contribution < 1.29 is 13.2 Å². The van der Waals surface area contributed by atoms with Crippen LogP contribution in [0.25, 0.3) is 0 Å². The number of benzene rings is 1. The maximum absolute atomic E-state index is 11.3. The van der Waals surface area contributed by atoms with Gasteiger partial charge in [0.25, 0.3) is 0 Å². The van der Waals surface area contributed by atoms with E-state index in [9.17, 15) is 8.42 Å². The molecule has 0 radical (unpaired) electrons. The van der Waals surface area contributed by atoms with E-state index in [2.05, 4.69) is 9.97 Å². The Hall–Kier alpha value is -1.99. The molecule has 2 rings (SSSR count). The first-order valence-corrected chi connectivity index (χ1v) is 7.37. The molecule has 0 unspecified atom stereocenters. The van der Waals surface area contributed by atoms with Crippen LogP contribution in [-0.4, -0.2) is 24.6 Å². The van der Waals surface area contributed by atoms with Crippen LogP contribution in [0.2, 0.25) is 0 Å². The van der Waals surface area contributed by atoms with Gasteiger partial charge in [-0.05, 0) is 24.3 Å². The highest BCUT2D eigenvalue weighted by molar-refractivity contribution is 7.90. The SMILES string of the molecule is CS(=O)(=O)c1ccc(Oc2cncc(CN)n2)cc1. The lowest BCUT2D eigenvalue weighted by molar-refractivity contribution is 0.457. The molecule has 0 fully saturated rings. The second-order valence-electron chi connectivity index (χ2n) is 3.90. The van der Waals surface area contributed by atoms with Crippen molar-refractivity contribution in [2.75, 3.05) is 6.26 Å². The van der Waals surface area contributed by atoms with Crippen molar-refractivity contribution in [2.45, 2.75) is 11.4 Å². The van der Waals surface area contributed by atoms with Crippen LogP contribution in [-0.2, 0) is 16.4 Å². The van der Waals surface area contributed by atoms with Crippen LogP contribution in [0.4, 0.5) is 0 Å². The van der Waals surface area contributed by atoms with E-state index < -0.39 is 9.84 Å². The highest BCUT2D eigenvalue weighted by Gasteiger charge is 2.07. The molecule has 0 saturated heterocycles. The Kier molecular flexibility index (Phi) is 3.77. The number of ether oxygens (including phenoxy) is 1. The molecule has 0 saturated carbocycles. The molecule has 0 bridgehead atoms. The summed E-state index contributed by atoms with van der Waals surface area (Å²) < 4.78 is 28.1. The van der Waals surface area contributed by atoms with Gasteiger partial charge in [-0.3, -0.25) is 4.98 Å². The molecule has 0 aliphatic carbocycles. The highest BCUT2D eigenvalue weighted by atomic mass is 32.2. The zero-order valence-electron chi connectivity index (χ0n) is 10.3. The first-order valence-electron chi connectivity index (χ1n) is 5.48. The summed E-state index contributed by atoms with van der Waals surface area (Å²) in [6, 6.07) is 6.08. The summed E-state index contributed by atoms with van der Waals surface area (Å²) in [6.07, 6.45) is 4.17. The molecule has 2 aromatic rings. The summed E-state index contributed by atoms with van der Waals surface area (Å²) in [5.74, 6) is 0.797. The molecule has 100 valence electrons. The summed E-state index contributed by atoms with van der Waals surface area (Å²) in [6.45, 7) is 0.275. The third kappa shape index (κ3) is 3.49. The van der Waals surface area contributed by atoms with E-state index in [1.165, 1.54) is 18.3 Å². The number of nitrogens with zero attached hydrogens (tertiary/aromatic N) is 2. The fourth-order valence-electron chi connectivity index (χ4n) is 1.41. The van der Waals surface area contributed by atoms with Crippen LogP contribution in [0.15, 0.2) is 41.6 Å². The second kappa shape index (κ2) is 5.33. The molecular formula is C12H13N3O3S. The number of rotatable bonds is 4. The van der Waals surface area contributed by atoms with Crippen LogP contribution < -0.4 is 10.5 Å². The minimum atomic E-state index is -3.20. The molecule has 1 aromatic carbocycles. The third-order valence-corrected chi connectivity index (χ3v) is 3.47. The van der Waals surface area contributed by atoms with Crippen molar-refractivity contribution in [3.8, 4) is 11.6 Å². The lowest BCUT2D eigenvalue weighted by Gasteiger charge is -2.06. The first-order chi connectivity index (χ1) is 8.99. The van der Waals surface area contributed by atoms with Gasteiger partial charge in [-0.15, -0.1) is 0 Å². The average Bonchev–Trinajstić information content (AvgIpc) is 2.38. The van der Waals surface area contributed by atoms with Gasteiger partial charge >= 0.3 is 0 Å². The minimum Gasteiger partial charge on any atom is -0.437 e. The van der Waals surface area contributed by atoms with Gasteiger partial charge < -0.3 is 10.5 Å². The predicted molar refractivity (Wildman–Crippen MR) is 69.5 cm³/mol. The van der Waals surface area contributed by atoms with Crippen LogP contribution in [0.3, 0.4) is 0 Å². The second-order valence-corrected chi connectivity index (χ2v) is 5.91. The van der Waals surface area contributed by atoms with Crippen LogP contribution in [0.1, 0.15) is 5.69 Å². The van der Waals surface area contributed by atoms with Crippen molar-refractivity contribution in [1.82, 2.24) is 9.97 Å². The van der Waals surface area contributed by atoms with Crippen molar-refractivity contribution in [1.29, 1.82) is 0 Å². The van der Waals surface area contributed by atoms with E-state index >= 15 is 0 Å². The number of hydrogen-bond donors (Lipinski definition) is 1. The molecular weight excluding hydrogens is 266 g/mol. The van der Waals surface area contributed by atoms with E-state index in [0.717, 1.165) is 6.26 Å². The summed E-state index contributed by atoms with van der Waals surface area (Å²) in [7, 11) is -3.20. The fraction of sp³-hybridized carbons (Fsp3) is 0.167. The average molecular weight is 279 g/mol. The van der Waals surface area contributed by atoms with Gasteiger partial charge in [0.15, 0.2) is 9.84 Å². The largest absolute Gasteiger partial charge is 0.437 e. The maximum Gasteiger partial charge on any atom is 0.238 e. The Morgan fingerprint density at radius 1 is 1.21 bits per heavy atom. The zero-order valence-corrected chi connectivity index (χ0v) is 11.1. The number of hydrogen-bond acceptors (Lipinski definition) is 6. The van der Waals surface area contributed by atoms with Crippen LogP contribution in [0.5, 0.6) is 11.6 Å².